The Balaban J connectivity index is 1.77. The molecular weight excluding hydrogens is 260 g/mol. The SMILES string of the molecule is CCCCCCC12CCC(O1)C(CC(=O)OCC)OO2. The fraction of sp³-hybridized carbons (Fsp3) is 0.933. The van der Waals surface area contributed by atoms with Crippen molar-refractivity contribution in [2.75, 3.05) is 6.61 Å². The van der Waals surface area contributed by atoms with E-state index in [1.165, 1.54) is 19.3 Å². The van der Waals surface area contributed by atoms with Crippen LogP contribution in [0.1, 0.15) is 65.2 Å². The van der Waals surface area contributed by atoms with Gasteiger partial charge >= 0.3 is 5.97 Å². The van der Waals surface area contributed by atoms with Gasteiger partial charge in [-0.3, -0.25) is 4.79 Å². The van der Waals surface area contributed by atoms with Gasteiger partial charge in [-0.05, 0) is 19.8 Å². The van der Waals surface area contributed by atoms with Gasteiger partial charge in [0.1, 0.15) is 6.10 Å². The molecule has 0 N–H and O–H groups in total. The first-order valence-corrected chi connectivity index (χ1v) is 7.87. The van der Waals surface area contributed by atoms with E-state index in [0.29, 0.717) is 6.61 Å². The van der Waals surface area contributed by atoms with Crippen LogP contribution in [0.5, 0.6) is 0 Å². The highest BCUT2D eigenvalue weighted by atomic mass is 17.2. The molecule has 0 aromatic carbocycles. The number of carbonyl (C=O) groups is 1. The van der Waals surface area contributed by atoms with Crippen LogP contribution >= 0.6 is 0 Å². The maximum absolute atomic E-state index is 11.5. The van der Waals surface area contributed by atoms with E-state index in [2.05, 4.69) is 6.92 Å². The number of unbranched alkanes of at least 4 members (excludes halogenated alkanes) is 3. The number of hydrogen-bond donors (Lipinski definition) is 0. The Morgan fingerprint density at radius 2 is 2.15 bits per heavy atom. The summed E-state index contributed by atoms with van der Waals surface area (Å²) in [5.41, 5.74) is 0. The van der Waals surface area contributed by atoms with Gasteiger partial charge in [0.25, 0.3) is 0 Å². The van der Waals surface area contributed by atoms with Crippen molar-refractivity contribution in [3.63, 3.8) is 0 Å². The molecule has 2 bridgehead atoms. The Bertz CT molecular complexity index is 319. The minimum Gasteiger partial charge on any atom is -0.466 e. The van der Waals surface area contributed by atoms with Crippen molar-refractivity contribution in [3.05, 3.63) is 0 Å². The molecule has 2 saturated heterocycles. The average molecular weight is 286 g/mol. The van der Waals surface area contributed by atoms with Crippen molar-refractivity contribution < 1.29 is 24.0 Å². The van der Waals surface area contributed by atoms with Gasteiger partial charge in [-0.1, -0.05) is 26.2 Å². The van der Waals surface area contributed by atoms with E-state index in [9.17, 15) is 4.79 Å². The maximum atomic E-state index is 11.5. The van der Waals surface area contributed by atoms with E-state index in [1.54, 1.807) is 6.92 Å². The van der Waals surface area contributed by atoms with Crippen LogP contribution in [0.15, 0.2) is 0 Å². The Kier molecular flexibility index (Phi) is 5.81. The zero-order valence-corrected chi connectivity index (χ0v) is 12.6. The molecule has 2 aliphatic heterocycles. The Labute approximate surface area is 120 Å². The smallest absolute Gasteiger partial charge is 0.308 e. The summed E-state index contributed by atoms with van der Waals surface area (Å²) >= 11 is 0. The maximum Gasteiger partial charge on any atom is 0.308 e. The number of esters is 1. The summed E-state index contributed by atoms with van der Waals surface area (Å²) in [4.78, 5) is 22.4. The lowest BCUT2D eigenvalue weighted by Gasteiger charge is -2.36. The van der Waals surface area contributed by atoms with Crippen LogP contribution in [0, 0.1) is 0 Å². The van der Waals surface area contributed by atoms with Gasteiger partial charge in [0.2, 0.25) is 5.79 Å². The minimum atomic E-state index is -0.566. The summed E-state index contributed by atoms with van der Waals surface area (Å²) in [6, 6.07) is 0. The Morgan fingerprint density at radius 1 is 1.30 bits per heavy atom. The lowest BCUT2D eigenvalue weighted by Crippen LogP contribution is -2.44. The molecule has 2 aliphatic rings. The van der Waals surface area contributed by atoms with E-state index in [-0.39, 0.29) is 24.6 Å². The molecule has 0 aromatic rings. The Morgan fingerprint density at radius 3 is 2.90 bits per heavy atom. The van der Waals surface area contributed by atoms with Crippen LogP contribution in [0.4, 0.5) is 0 Å². The van der Waals surface area contributed by atoms with Crippen molar-refractivity contribution >= 4 is 5.97 Å². The molecule has 0 spiro atoms. The van der Waals surface area contributed by atoms with E-state index >= 15 is 0 Å². The summed E-state index contributed by atoms with van der Waals surface area (Å²) in [5.74, 6) is -0.823. The first kappa shape index (κ1) is 15.7. The van der Waals surface area contributed by atoms with Crippen LogP contribution in [-0.2, 0) is 24.0 Å². The highest BCUT2D eigenvalue weighted by Crippen LogP contribution is 2.42. The summed E-state index contributed by atoms with van der Waals surface area (Å²) in [5, 5.41) is 0. The highest BCUT2D eigenvalue weighted by molar-refractivity contribution is 5.70. The first-order chi connectivity index (χ1) is 9.69. The fourth-order valence-corrected chi connectivity index (χ4v) is 2.89. The lowest BCUT2D eigenvalue weighted by atomic mass is 10.0. The molecule has 5 heteroatoms. The van der Waals surface area contributed by atoms with E-state index in [4.69, 9.17) is 19.2 Å². The predicted molar refractivity (Wildman–Crippen MR) is 72.8 cm³/mol. The molecule has 3 atom stereocenters. The topological polar surface area (TPSA) is 54.0 Å². The van der Waals surface area contributed by atoms with E-state index in [0.717, 1.165) is 25.7 Å². The van der Waals surface area contributed by atoms with Gasteiger partial charge < -0.3 is 9.47 Å². The normalized spacial score (nSPS) is 32.3. The van der Waals surface area contributed by atoms with Gasteiger partial charge in [0.05, 0.1) is 19.1 Å². The molecule has 3 unspecified atom stereocenters. The summed E-state index contributed by atoms with van der Waals surface area (Å²) < 4.78 is 10.9. The second kappa shape index (κ2) is 7.38. The Hall–Kier alpha value is -0.650. The van der Waals surface area contributed by atoms with Gasteiger partial charge in [-0.15, -0.1) is 0 Å². The third-order valence-corrected chi connectivity index (χ3v) is 4.00. The number of hydrogen-bond acceptors (Lipinski definition) is 5. The lowest BCUT2D eigenvalue weighted by molar-refractivity contribution is -0.485. The third kappa shape index (κ3) is 3.93. The van der Waals surface area contributed by atoms with Crippen molar-refractivity contribution in [3.8, 4) is 0 Å². The van der Waals surface area contributed by atoms with Crippen molar-refractivity contribution in [1.29, 1.82) is 0 Å². The third-order valence-electron chi connectivity index (χ3n) is 4.00. The van der Waals surface area contributed by atoms with Gasteiger partial charge in [0, 0.05) is 12.8 Å². The number of rotatable bonds is 8. The van der Waals surface area contributed by atoms with Crippen LogP contribution in [-0.4, -0.2) is 30.6 Å². The van der Waals surface area contributed by atoms with Crippen LogP contribution in [0.3, 0.4) is 0 Å². The average Bonchev–Trinajstić information content (AvgIpc) is 2.78. The van der Waals surface area contributed by atoms with E-state index in [1.807, 2.05) is 0 Å². The summed E-state index contributed by atoms with van der Waals surface area (Å²) in [6.07, 6.45) is 7.18. The molecule has 0 aromatic heterocycles. The number of fused-ring (bicyclic) bond motifs is 2. The highest BCUT2D eigenvalue weighted by Gasteiger charge is 2.50. The van der Waals surface area contributed by atoms with Crippen molar-refractivity contribution in [1.82, 2.24) is 0 Å². The van der Waals surface area contributed by atoms with Crippen LogP contribution in [0.2, 0.25) is 0 Å². The van der Waals surface area contributed by atoms with E-state index < -0.39 is 5.79 Å². The molecule has 0 saturated carbocycles. The van der Waals surface area contributed by atoms with Crippen molar-refractivity contribution in [2.24, 2.45) is 0 Å². The molecular formula is C15H26O5. The second-order valence-electron chi connectivity index (χ2n) is 5.64. The summed E-state index contributed by atoms with van der Waals surface area (Å²) in [7, 11) is 0. The zero-order valence-electron chi connectivity index (χ0n) is 12.6. The van der Waals surface area contributed by atoms with Gasteiger partial charge in [-0.25, -0.2) is 9.78 Å². The number of carbonyl (C=O) groups excluding carboxylic acids is 1. The standard InChI is InChI=1S/C15H26O5/c1-3-5-6-7-9-15-10-8-12(18-15)13(19-20-15)11-14(16)17-4-2/h12-13H,3-11H2,1-2H3. The minimum absolute atomic E-state index is 0.0423. The quantitative estimate of drug-likeness (QED) is 0.390. The number of ether oxygens (including phenoxy) is 2. The molecule has 20 heavy (non-hydrogen) atoms. The molecule has 0 radical (unpaired) electrons. The monoisotopic (exact) mass is 286 g/mol. The second-order valence-corrected chi connectivity index (χ2v) is 5.64. The fourth-order valence-electron chi connectivity index (χ4n) is 2.89. The summed E-state index contributed by atoms with van der Waals surface area (Å²) in [6.45, 7) is 4.38. The molecule has 0 aliphatic carbocycles. The van der Waals surface area contributed by atoms with Gasteiger partial charge in [0.15, 0.2) is 0 Å². The molecule has 2 fully saturated rings. The molecule has 116 valence electrons. The molecule has 2 heterocycles. The van der Waals surface area contributed by atoms with Gasteiger partial charge in [-0.2, -0.15) is 0 Å². The van der Waals surface area contributed by atoms with Crippen LogP contribution in [0.25, 0.3) is 0 Å². The largest absolute Gasteiger partial charge is 0.466 e. The molecule has 5 nitrogen and oxygen atoms in total. The zero-order chi connectivity index (χ0) is 14.4. The van der Waals surface area contributed by atoms with Crippen molar-refractivity contribution in [2.45, 2.75) is 83.2 Å². The molecule has 0 amide bonds. The molecule has 2 rings (SSSR count). The predicted octanol–water partition coefficient (Wildman–Crippen LogP) is 3.12. The first-order valence-electron chi connectivity index (χ1n) is 7.87. The van der Waals surface area contributed by atoms with Crippen LogP contribution < -0.4 is 0 Å².